The van der Waals surface area contributed by atoms with Gasteiger partial charge in [-0.15, -0.1) is 11.3 Å². The molecule has 0 unspecified atom stereocenters. The number of thiophene rings is 1. The molecule has 3 heteroatoms. The molecule has 0 spiro atoms. The van der Waals surface area contributed by atoms with E-state index in [1.165, 1.54) is 19.8 Å². The molecule has 0 aromatic carbocycles. The molecule has 2 aromatic rings. The normalized spacial score (nSPS) is 14.6. The van der Waals surface area contributed by atoms with E-state index in [4.69, 9.17) is 11.6 Å². The molecule has 0 saturated carbocycles. The van der Waals surface area contributed by atoms with Gasteiger partial charge in [0.25, 0.3) is 0 Å². The summed E-state index contributed by atoms with van der Waals surface area (Å²) in [7, 11) is 0. The smallest absolute Gasteiger partial charge is 0.130 e. The first kappa shape index (κ1) is 8.45. The van der Waals surface area contributed by atoms with Crippen LogP contribution in [0.2, 0.25) is 5.15 Å². The van der Waals surface area contributed by atoms with Crippen molar-refractivity contribution in [2.24, 2.45) is 0 Å². The fraction of sp³-hybridized carbons (Fsp3) is 0.182. The molecule has 0 amide bonds. The number of aromatic nitrogens is 1. The van der Waals surface area contributed by atoms with Gasteiger partial charge >= 0.3 is 0 Å². The summed E-state index contributed by atoms with van der Waals surface area (Å²) in [6.45, 7) is 0. The Balaban J connectivity index is 2.56. The zero-order chi connectivity index (χ0) is 9.54. The lowest BCUT2D eigenvalue weighted by molar-refractivity contribution is 1.13. The van der Waals surface area contributed by atoms with Crippen LogP contribution in [0.5, 0.6) is 0 Å². The van der Waals surface area contributed by atoms with Crippen molar-refractivity contribution in [2.75, 3.05) is 0 Å². The summed E-state index contributed by atoms with van der Waals surface area (Å²) in [5.41, 5.74) is 0. The Bertz CT molecular complexity index is 612. The Morgan fingerprint density at radius 1 is 1.29 bits per heavy atom. The van der Waals surface area contributed by atoms with Gasteiger partial charge in [0, 0.05) is 20.8 Å². The number of fused-ring (bicyclic) bond motifs is 3. The minimum Gasteiger partial charge on any atom is -0.244 e. The molecule has 0 saturated heterocycles. The van der Waals surface area contributed by atoms with E-state index in [0.717, 1.165) is 12.8 Å². The molecule has 3 rings (SSSR count). The molecule has 14 heavy (non-hydrogen) atoms. The Hall–Kier alpha value is -0.860. The summed E-state index contributed by atoms with van der Waals surface area (Å²) in [4.78, 5) is 4.13. The van der Waals surface area contributed by atoms with Crippen LogP contribution >= 0.6 is 22.9 Å². The van der Waals surface area contributed by atoms with E-state index in [0.29, 0.717) is 5.15 Å². The average molecular weight is 222 g/mol. The van der Waals surface area contributed by atoms with E-state index in [2.05, 4.69) is 17.1 Å². The van der Waals surface area contributed by atoms with Crippen molar-refractivity contribution >= 4 is 45.2 Å². The zero-order valence-electron chi connectivity index (χ0n) is 7.46. The van der Waals surface area contributed by atoms with Crippen molar-refractivity contribution < 1.29 is 0 Å². The second-order valence-corrected chi connectivity index (χ2v) is 4.84. The van der Waals surface area contributed by atoms with E-state index in [1.807, 2.05) is 12.3 Å². The van der Waals surface area contributed by atoms with Crippen LogP contribution in [-0.4, -0.2) is 4.98 Å². The molecule has 1 nitrogen and oxygen atoms in total. The molecule has 0 bridgehead atoms. The first-order valence-electron chi connectivity index (χ1n) is 4.59. The molecular formula is C11H8ClNS. The summed E-state index contributed by atoms with van der Waals surface area (Å²) < 4.78 is 2.61. The fourth-order valence-electron chi connectivity index (χ4n) is 1.81. The molecule has 0 N–H and O–H groups in total. The Morgan fingerprint density at radius 3 is 3.07 bits per heavy atom. The highest BCUT2D eigenvalue weighted by molar-refractivity contribution is 7.17. The molecule has 2 aromatic heterocycles. The number of hydrogen-bond donors (Lipinski definition) is 0. The van der Waals surface area contributed by atoms with Gasteiger partial charge in [-0.05, 0) is 24.1 Å². The summed E-state index contributed by atoms with van der Waals surface area (Å²) in [5.74, 6) is 0. The van der Waals surface area contributed by atoms with Gasteiger partial charge in [-0.3, -0.25) is 0 Å². The number of pyridine rings is 1. The Labute approximate surface area is 90.4 Å². The van der Waals surface area contributed by atoms with Crippen LogP contribution < -0.4 is 9.75 Å². The molecule has 1 aliphatic carbocycles. The average Bonchev–Trinajstić information content (AvgIpc) is 2.54. The van der Waals surface area contributed by atoms with Gasteiger partial charge in [0.15, 0.2) is 0 Å². The lowest BCUT2D eigenvalue weighted by Gasteiger charge is -1.93. The van der Waals surface area contributed by atoms with E-state index in [9.17, 15) is 0 Å². The van der Waals surface area contributed by atoms with Crippen LogP contribution in [0.15, 0.2) is 12.3 Å². The fourth-order valence-corrected chi connectivity index (χ4v) is 3.22. The van der Waals surface area contributed by atoms with Crippen molar-refractivity contribution in [3.8, 4) is 0 Å². The Morgan fingerprint density at radius 2 is 2.14 bits per heavy atom. The third kappa shape index (κ3) is 1.18. The second kappa shape index (κ2) is 3.07. The van der Waals surface area contributed by atoms with Crippen LogP contribution in [0.4, 0.5) is 0 Å². The van der Waals surface area contributed by atoms with Gasteiger partial charge in [-0.2, -0.15) is 0 Å². The molecule has 0 aliphatic heterocycles. The lowest BCUT2D eigenvalue weighted by atomic mass is 10.1. The molecule has 0 radical (unpaired) electrons. The van der Waals surface area contributed by atoms with Crippen LogP contribution in [0, 0.1) is 0 Å². The van der Waals surface area contributed by atoms with Crippen molar-refractivity contribution in [2.45, 2.75) is 12.8 Å². The van der Waals surface area contributed by atoms with Crippen molar-refractivity contribution in [3.05, 3.63) is 27.2 Å². The Kier molecular flexibility index (Phi) is 1.85. The second-order valence-electron chi connectivity index (χ2n) is 3.37. The quantitative estimate of drug-likeness (QED) is 0.623. The largest absolute Gasteiger partial charge is 0.244 e. The van der Waals surface area contributed by atoms with Crippen LogP contribution in [-0.2, 0) is 0 Å². The van der Waals surface area contributed by atoms with Gasteiger partial charge in [-0.25, -0.2) is 4.98 Å². The summed E-state index contributed by atoms with van der Waals surface area (Å²) in [6.07, 6.45) is 8.77. The number of rotatable bonds is 0. The van der Waals surface area contributed by atoms with Crippen LogP contribution in [0.25, 0.3) is 22.2 Å². The molecule has 1 aliphatic rings. The van der Waals surface area contributed by atoms with Gasteiger partial charge in [0.1, 0.15) is 5.15 Å². The molecular weight excluding hydrogens is 214 g/mol. The summed E-state index contributed by atoms with van der Waals surface area (Å²) >= 11 is 7.66. The number of hydrogen-bond acceptors (Lipinski definition) is 2. The third-order valence-electron chi connectivity index (χ3n) is 2.45. The van der Waals surface area contributed by atoms with E-state index in [1.54, 1.807) is 11.3 Å². The van der Waals surface area contributed by atoms with Gasteiger partial charge in [0.05, 0.1) is 0 Å². The van der Waals surface area contributed by atoms with Crippen LogP contribution in [0.3, 0.4) is 0 Å². The van der Waals surface area contributed by atoms with E-state index < -0.39 is 0 Å². The monoisotopic (exact) mass is 221 g/mol. The molecule has 70 valence electrons. The maximum atomic E-state index is 5.86. The van der Waals surface area contributed by atoms with Crippen molar-refractivity contribution in [1.29, 1.82) is 0 Å². The highest BCUT2D eigenvalue weighted by Gasteiger charge is 2.04. The van der Waals surface area contributed by atoms with E-state index in [-0.39, 0.29) is 0 Å². The van der Waals surface area contributed by atoms with Gasteiger partial charge < -0.3 is 0 Å². The lowest BCUT2D eigenvalue weighted by Crippen LogP contribution is -2.20. The van der Waals surface area contributed by atoms with Crippen molar-refractivity contribution in [3.63, 3.8) is 0 Å². The third-order valence-corrected chi connectivity index (χ3v) is 3.82. The zero-order valence-corrected chi connectivity index (χ0v) is 9.03. The number of nitrogens with zero attached hydrogens (tertiary/aromatic N) is 1. The maximum absolute atomic E-state index is 5.86. The van der Waals surface area contributed by atoms with Gasteiger partial charge in [0.2, 0.25) is 0 Å². The van der Waals surface area contributed by atoms with E-state index >= 15 is 0 Å². The molecule has 0 fully saturated rings. The van der Waals surface area contributed by atoms with Gasteiger partial charge in [-0.1, -0.05) is 23.8 Å². The summed E-state index contributed by atoms with van der Waals surface area (Å²) in [6, 6.07) is 1.95. The van der Waals surface area contributed by atoms with Crippen molar-refractivity contribution in [1.82, 2.24) is 4.98 Å². The SMILES string of the molecule is Clc1cc2sc3c(c2cn1)=CCCC=3. The summed E-state index contributed by atoms with van der Waals surface area (Å²) in [5, 5.41) is 3.17. The topological polar surface area (TPSA) is 12.9 Å². The molecule has 0 atom stereocenters. The first-order valence-corrected chi connectivity index (χ1v) is 5.78. The highest BCUT2D eigenvalue weighted by atomic mass is 35.5. The number of halogens is 1. The minimum absolute atomic E-state index is 0.580. The predicted molar refractivity (Wildman–Crippen MR) is 62.0 cm³/mol. The minimum atomic E-state index is 0.580. The first-order chi connectivity index (χ1) is 6.84. The standard InChI is InChI=1S/C11H8ClNS/c12-11-5-10-8(6-13-11)7-3-1-2-4-9(7)14-10/h3-6H,1-2H2. The molecule has 2 heterocycles. The predicted octanol–water partition coefficient (Wildman–Crippen LogP) is 2.30. The maximum Gasteiger partial charge on any atom is 0.130 e. The highest BCUT2D eigenvalue weighted by Crippen LogP contribution is 2.17. The van der Waals surface area contributed by atoms with Crippen LogP contribution in [0.1, 0.15) is 12.8 Å².